The highest BCUT2D eigenvalue weighted by Gasteiger charge is 2.51. The van der Waals surface area contributed by atoms with E-state index in [0.717, 1.165) is 12.8 Å². The van der Waals surface area contributed by atoms with Gasteiger partial charge in [0, 0.05) is 6.26 Å². The third-order valence-electron chi connectivity index (χ3n) is 3.00. The number of nitrogens with two attached hydrogens (primary N) is 1. The molecule has 1 heterocycles. The molecule has 1 spiro atoms. The second-order valence-electron chi connectivity index (χ2n) is 4.05. The van der Waals surface area contributed by atoms with Gasteiger partial charge in [-0.15, -0.1) is 0 Å². The standard InChI is InChI=1S/C8H14N2O3S/c1-14(11,12)6-3-2-4-8(6)5-13-7(9)10-8/h6H,2-5H2,1H3,(H2,9,10). The van der Waals surface area contributed by atoms with E-state index in [2.05, 4.69) is 4.99 Å². The normalized spacial score (nSPS) is 37.2. The van der Waals surface area contributed by atoms with Crippen molar-refractivity contribution in [1.29, 1.82) is 0 Å². The van der Waals surface area contributed by atoms with E-state index >= 15 is 0 Å². The van der Waals surface area contributed by atoms with Crippen molar-refractivity contribution in [2.75, 3.05) is 12.9 Å². The molecule has 0 bridgehead atoms. The van der Waals surface area contributed by atoms with E-state index in [1.165, 1.54) is 6.26 Å². The Morgan fingerprint density at radius 3 is 2.86 bits per heavy atom. The molecule has 0 aromatic heterocycles. The summed E-state index contributed by atoms with van der Waals surface area (Å²) in [5, 5.41) is -0.420. The molecule has 1 aliphatic carbocycles. The van der Waals surface area contributed by atoms with E-state index in [0.29, 0.717) is 13.0 Å². The molecular weight excluding hydrogens is 204 g/mol. The highest BCUT2D eigenvalue weighted by molar-refractivity contribution is 7.91. The van der Waals surface area contributed by atoms with Crippen LogP contribution in [-0.2, 0) is 14.6 Å². The summed E-state index contributed by atoms with van der Waals surface area (Å²) in [7, 11) is -3.06. The van der Waals surface area contributed by atoms with Crippen LogP contribution in [0.25, 0.3) is 0 Å². The SMILES string of the molecule is CS(=O)(=O)C1CCCC12COC(N)=N2. The molecule has 0 amide bonds. The van der Waals surface area contributed by atoms with Gasteiger partial charge in [-0.1, -0.05) is 0 Å². The summed E-state index contributed by atoms with van der Waals surface area (Å²) in [6, 6.07) is 0.126. The zero-order valence-corrected chi connectivity index (χ0v) is 8.88. The quantitative estimate of drug-likeness (QED) is 0.653. The lowest BCUT2D eigenvalue weighted by molar-refractivity contribution is 0.256. The largest absolute Gasteiger partial charge is 0.463 e. The number of hydrogen-bond acceptors (Lipinski definition) is 5. The van der Waals surface area contributed by atoms with Crippen LogP contribution in [0.5, 0.6) is 0 Å². The lowest BCUT2D eigenvalue weighted by atomic mass is 10.0. The minimum atomic E-state index is -3.06. The van der Waals surface area contributed by atoms with Crippen LogP contribution < -0.4 is 5.73 Å². The van der Waals surface area contributed by atoms with Crippen molar-refractivity contribution < 1.29 is 13.2 Å². The Morgan fingerprint density at radius 1 is 1.64 bits per heavy atom. The lowest BCUT2D eigenvalue weighted by Gasteiger charge is -2.24. The van der Waals surface area contributed by atoms with Crippen molar-refractivity contribution in [1.82, 2.24) is 0 Å². The zero-order valence-electron chi connectivity index (χ0n) is 8.06. The van der Waals surface area contributed by atoms with Crippen molar-refractivity contribution in [2.24, 2.45) is 10.7 Å². The average Bonchev–Trinajstić information content (AvgIpc) is 2.59. The number of sulfone groups is 1. The predicted octanol–water partition coefficient (Wildman–Crippen LogP) is -0.333. The number of aliphatic imine (C=N–C) groups is 1. The molecule has 80 valence electrons. The number of amidine groups is 1. The summed E-state index contributed by atoms with van der Waals surface area (Å²) < 4.78 is 28.2. The Labute approximate surface area is 83.3 Å². The van der Waals surface area contributed by atoms with Crippen LogP contribution in [-0.4, -0.2) is 38.1 Å². The van der Waals surface area contributed by atoms with Gasteiger partial charge in [0.2, 0.25) is 0 Å². The fourth-order valence-electron chi connectivity index (χ4n) is 2.41. The molecule has 5 nitrogen and oxygen atoms in total. The van der Waals surface area contributed by atoms with Gasteiger partial charge in [0.1, 0.15) is 12.1 Å². The molecule has 2 aliphatic rings. The Bertz CT molecular complexity index is 376. The maximum absolute atomic E-state index is 11.5. The third-order valence-corrected chi connectivity index (χ3v) is 4.70. The predicted molar refractivity (Wildman–Crippen MR) is 52.8 cm³/mol. The van der Waals surface area contributed by atoms with E-state index < -0.39 is 20.6 Å². The summed E-state index contributed by atoms with van der Waals surface area (Å²) in [6.07, 6.45) is 3.55. The minimum absolute atomic E-state index is 0.126. The van der Waals surface area contributed by atoms with Gasteiger partial charge >= 0.3 is 0 Å². The molecule has 2 rings (SSSR count). The summed E-state index contributed by atoms with van der Waals surface area (Å²) >= 11 is 0. The Kier molecular flexibility index (Phi) is 1.99. The van der Waals surface area contributed by atoms with Gasteiger partial charge in [-0.05, 0) is 19.3 Å². The highest BCUT2D eigenvalue weighted by Crippen LogP contribution is 2.40. The van der Waals surface area contributed by atoms with Gasteiger partial charge in [-0.2, -0.15) is 0 Å². The van der Waals surface area contributed by atoms with Crippen LogP contribution in [0.4, 0.5) is 0 Å². The van der Waals surface area contributed by atoms with Gasteiger partial charge in [-0.25, -0.2) is 13.4 Å². The second-order valence-corrected chi connectivity index (χ2v) is 6.28. The van der Waals surface area contributed by atoms with E-state index in [9.17, 15) is 8.42 Å². The van der Waals surface area contributed by atoms with Gasteiger partial charge in [0.05, 0.1) is 5.25 Å². The summed E-state index contributed by atoms with van der Waals surface area (Å²) in [6.45, 7) is 0.316. The fraction of sp³-hybridized carbons (Fsp3) is 0.875. The van der Waals surface area contributed by atoms with E-state index in [4.69, 9.17) is 10.5 Å². The number of hydrogen-bond donors (Lipinski definition) is 1. The summed E-state index contributed by atoms with van der Waals surface area (Å²) in [5.74, 6) is 0. The Morgan fingerprint density at radius 2 is 2.36 bits per heavy atom. The van der Waals surface area contributed by atoms with Gasteiger partial charge in [0.25, 0.3) is 6.02 Å². The average molecular weight is 218 g/mol. The molecule has 1 fully saturated rings. The molecule has 6 heteroatoms. The van der Waals surface area contributed by atoms with Crippen LogP contribution in [0.15, 0.2) is 4.99 Å². The van der Waals surface area contributed by atoms with Gasteiger partial charge in [0.15, 0.2) is 9.84 Å². The van der Waals surface area contributed by atoms with E-state index in [1.807, 2.05) is 0 Å². The molecule has 14 heavy (non-hydrogen) atoms. The molecule has 0 aromatic carbocycles. The van der Waals surface area contributed by atoms with Crippen LogP contribution in [0.3, 0.4) is 0 Å². The van der Waals surface area contributed by atoms with Gasteiger partial charge < -0.3 is 10.5 Å². The molecule has 2 atom stereocenters. The van der Waals surface area contributed by atoms with Crippen molar-refractivity contribution in [3.63, 3.8) is 0 Å². The third kappa shape index (κ3) is 1.37. The van der Waals surface area contributed by atoms with Crippen molar-refractivity contribution >= 4 is 15.9 Å². The zero-order chi connectivity index (χ0) is 10.4. The molecule has 1 saturated carbocycles. The van der Waals surface area contributed by atoms with Crippen molar-refractivity contribution in [3.05, 3.63) is 0 Å². The molecule has 2 N–H and O–H groups in total. The first kappa shape index (κ1) is 9.76. The molecule has 2 unspecified atom stereocenters. The smallest absolute Gasteiger partial charge is 0.282 e. The highest BCUT2D eigenvalue weighted by atomic mass is 32.2. The monoisotopic (exact) mass is 218 g/mol. The number of nitrogens with zero attached hydrogens (tertiary/aromatic N) is 1. The topological polar surface area (TPSA) is 81.8 Å². The van der Waals surface area contributed by atoms with Crippen LogP contribution in [0.2, 0.25) is 0 Å². The maximum Gasteiger partial charge on any atom is 0.282 e. The van der Waals surface area contributed by atoms with Crippen LogP contribution in [0, 0.1) is 0 Å². The number of rotatable bonds is 1. The summed E-state index contributed by atoms with van der Waals surface area (Å²) in [5.41, 5.74) is 4.84. The molecule has 1 aliphatic heterocycles. The Balaban J connectivity index is 2.36. The minimum Gasteiger partial charge on any atom is -0.463 e. The first-order chi connectivity index (χ1) is 6.44. The van der Waals surface area contributed by atoms with Crippen LogP contribution >= 0.6 is 0 Å². The van der Waals surface area contributed by atoms with E-state index in [-0.39, 0.29) is 6.02 Å². The van der Waals surface area contributed by atoms with E-state index in [1.54, 1.807) is 0 Å². The fourth-order valence-corrected chi connectivity index (χ4v) is 4.04. The van der Waals surface area contributed by atoms with Gasteiger partial charge in [-0.3, -0.25) is 0 Å². The second kappa shape index (κ2) is 2.85. The first-order valence-electron chi connectivity index (χ1n) is 4.61. The summed E-state index contributed by atoms with van der Waals surface area (Å²) in [4.78, 5) is 4.16. The number of ether oxygens (including phenoxy) is 1. The Hall–Kier alpha value is -0.780. The molecule has 0 aromatic rings. The molecule has 0 radical (unpaired) electrons. The van der Waals surface area contributed by atoms with Crippen LogP contribution in [0.1, 0.15) is 19.3 Å². The first-order valence-corrected chi connectivity index (χ1v) is 6.56. The lowest BCUT2D eigenvalue weighted by Crippen LogP contribution is -2.41. The van der Waals surface area contributed by atoms with Crippen molar-refractivity contribution in [3.8, 4) is 0 Å². The molecular formula is C8H14N2O3S. The van der Waals surface area contributed by atoms with Crippen molar-refractivity contribution in [2.45, 2.75) is 30.1 Å². The molecule has 0 saturated heterocycles. The maximum atomic E-state index is 11.5.